The molecule has 0 saturated heterocycles. The molecule has 1 aliphatic carbocycles. The Kier molecular flexibility index (Phi) is 3.46. The van der Waals surface area contributed by atoms with Crippen LogP contribution in [-0.2, 0) is 0 Å². The molecule has 2 atom stereocenters. The SMILES string of the molecule is CC1CCCC1CNc1ccc(C#N)cc1. The second-order valence-corrected chi connectivity index (χ2v) is 4.74. The smallest absolute Gasteiger partial charge is 0.0991 e. The van der Waals surface area contributed by atoms with E-state index in [0.29, 0.717) is 0 Å². The number of hydrogen-bond donors (Lipinski definition) is 1. The van der Waals surface area contributed by atoms with E-state index < -0.39 is 0 Å². The highest BCUT2D eigenvalue weighted by molar-refractivity contribution is 5.47. The minimum absolute atomic E-state index is 0.722. The highest BCUT2D eigenvalue weighted by atomic mass is 14.9. The molecule has 16 heavy (non-hydrogen) atoms. The van der Waals surface area contributed by atoms with Crippen LogP contribution in [-0.4, -0.2) is 6.54 Å². The van der Waals surface area contributed by atoms with Crippen molar-refractivity contribution in [3.8, 4) is 6.07 Å². The monoisotopic (exact) mass is 214 g/mol. The lowest BCUT2D eigenvalue weighted by atomic mass is 9.98. The molecule has 0 bridgehead atoms. The van der Waals surface area contributed by atoms with Crippen LogP contribution in [0.15, 0.2) is 24.3 Å². The molecule has 0 heterocycles. The van der Waals surface area contributed by atoms with Crippen LogP contribution in [0.4, 0.5) is 5.69 Å². The maximum atomic E-state index is 8.70. The van der Waals surface area contributed by atoms with Crippen LogP contribution < -0.4 is 5.32 Å². The van der Waals surface area contributed by atoms with Crippen molar-refractivity contribution in [2.24, 2.45) is 11.8 Å². The van der Waals surface area contributed by atoms with Crippen molar-refractivity contribution in [2.75, 3.05) is 11.9 Å². The highest BCUT2D eigenvalue weighted by Crippen LogP contribution is 2.31. The summed E-state index contributed by atoms with van der Waals surface area (Å²) in [7, 11) is 0. The zero-order chi connectivity index (χ0) is 11.4. The van der Waals surface area contributed by atoms with E-state index in [-0.39, 0.29) is 0 Å². The van der Waals surface area contributed by atoms with Crippen LogP contribution in [0, 0.1) is 23.2 Å². The summed E-state index contributed by atoms with van der Waals surface area (Å²) in [5, 5.41) is 12.2. The number of nitriles is 1. The van der Waals surface area contributed by atoms with Crippen LogP contribution in [0.2, 0.25) is 0 Å². The van der Waals surface area contributed by atoms with Crippen LogP contribution >= 0.6 is 0 Å². The zero-order valence-corrected chi connectivity index (χ0v) is 9.74. The first kappa shape index (κ1) is 11.0. The van der Waals surface area contributed by atoms with Gasteiger partial charge in [0.05, 0.1) is 11.6 Å². The van der Waals surface area contributed by atoms with E-state index in [0.717, 1.165) is 29.6 Å². The lowest BCUT2D eigenvalue weighted by Crippen LogP contribution is -2.16. The number of hydrogen-bond acceptors (Lipinski definition) is 2. The van der Waals surface area contributed by atoms with Crippen molar-refractivity contribution >= 4 is 5.69 Å². The van der Waals surface area contributed by atoms with Gasteiger partial charge in [-0.15, -0.1) is 0 Å². The highest BCUT2D eigenvalue weighted by Gasteiger charge is 2.22. The molecule has 1 N–H and O–H groups in total. The fourth-order valence-corrected chi connectivity index (χ4v) is 2.44. The third kappa shape index (κ3) is 2.55. The lowest BCUT2D eigenvalue weighted by molar-refractivity contribution is 0.439. The van der Waals surface area contributed by atoms with E-state index >= 15 is 0 Å². The van der Waals surface area contributed by atoms with Gasteiger partial charge in [0.2, 0.25) is 0 Å². The quantitative estimate of drug-likeness (QED) is 0.837. The van der Waals surface area contributed by atoms with Crippen molar-refractivity contribution in [3.63, 3.8) is 0 Å². The summed E-state index contributed by atoms with van der Waals surface area (Å²) in [6.45, 7) is 3.41. The average Bonchev–Trinajstić information content (AvgIpc) is 2.73. The van der Waals surface area contributed by atoms with Crippen LogP contribution in [0.3, 0.4) is 0 Å². The second-order valence-electron chi connectivity index (χ2n) is 4.74. The molecule has 0 spiro atoms. The van der Waals surface area contributed by atoms with Crippen molar-refractivity contribution in [1.29, 1.82) is 5.26 Å². The molecule has 2 rings (SSSR count). The Balaban J connectivity index is 1.87. The predicted octanol–water partition coefficient (Wildman–Crippen LogP) is 3.41. The Morgan fingerprint density at radius 2 is 2.06 bits per heavy atom. The molecule has 1 aromatic carbocycles. The van der Waals surface area contributed by atoms with Gasteiger partial charge < -0.3 is 5.32 Å². The van der Waals surface area contributed by atoms with Crippen LogP contribution in [0.5, 0.6) is 0 Å². The van der Waals surface area contributed by atoms with Crippen LogP contribution in [0.25, 0.3) is 0 Å². The number of benzene rings is 1. The largest absolute Gasteiger partial charge is 0.385 e. The summed E-state index contributed by atoms with van der Waals surface area (Å²) in [4.78, 5) is 0. The van der Waals surface area contributed by atoms with E-state index in [1.54, 1.807) is 0 Å². The van der Waals surface area contributed by atoms with Gasteiger partial charge in [0, 0.05) is 12.2 Å². The van der Waals surface area contributed by atoms with Gasteiger partial charge in [0.15, 0.2) is 0 Å². The van der Waals surface area contributed by atoms with Crippen molar-refractivity contribution < 1.29 is 0 Å². The molecule has 2 heteroatoms. The Labute approximate surface area is 97.3 Å². The number of nitrogens with one attached hydrogen (secondary N) is 1. The lowest BCUT2D eigenvalue weighted by Gasteiger charge is -2.16. The Morgan fingerprint density at radius 3 is 2.62 bits per heavy atom. The maximum absolute atomic E-state index is 8.70. The normalized spacial score (nSPS) is 24.0. The number of rotatable bonds is 3. The summed E-state index contributed by atoms with van der Waals surface area (Å²) in [6, 6.07) is 9.82. The van der Waals surface area contributed by atoms with E-state index in [1.807, 2.05) is 24.3 Å². The van der Waals surface area contributed by atoms with Gasteiger partial charge in [-0.25, -0.2) is 0 Å². The molecular formula is C14H18N2. The molecule has 2 nitrogen and oxygen atoms in total. The first-order chi connectivity index (χ1) is 7.79. The zero-order valence-electron chi connectivity index (χ0n) is 9.74. The van der Waals surface area contributed by atoms with Gasteiger partial charge in [-0.3, -0.25) is 0 Å². The van der Waals surface area contributed by atoms with Gasteiger partial charge in [0.25, 0.3) is 0 Å². The fraction of sp³-hybridized carbons (Fsp3) is 0.500. The first-order valence-corrected chi connectivity index (χ1v) is 6.03. The molecule has 84 valence electrons. The molecule has 1 aromatic rings. The third-order valence-corrected chi connectivity index (χ3v) is 3.62. The minimum atomic E-state index is 0.722. The van der Waals surface area contributed by atoms with Gasteiger partial charge in [-0.1, -0.05) is 19.8 Å². The standard InChI is InChI=1S/C14H18N2/c1-11-3-2-4-13(11)10-16-14-7-5-12(9-15)6-8-14/h5-8,11,13,16H,2-4,10H2,1H3. The topological polar surface area (TPSA) is 35.8 Å². The molecule has 0 amide bonds. The van der Waals surface area contributed by atoms with E-state index in [2.05, 4.69) is 18.3 Å². The maximum Gasteiger partial charge on any atom is 0.0991 e. The van der Waals surface area contributed by atoms with Crippen molar-refractivity contribution in [1.82, 2.24) is 0 Å². The third-order valence-electron chi connectivity index (χ3n) is 3.62. The number of anilines is 1. The van der Waals surface area contributed by atoms with Gasteiger partial charge in [0.1, 0.15) is 0 Å². The first-order valence-electron chi connectivity index (χ1n) is 6.03. The van der Waals surface area contributed by atoms with Gasteiger partial charge in [-0.2, -0.15) is 5.26 Å². The molecular weight excluding hydrogens is 196 g/mol. The van der Waals surface area contributed by atoms with Crippen molar-refractivity contribution in [3.05, 3.63) is 29.8 Å². The molecule has 2 unspecified atom stereocenters. The summed E-state index contributed by atoms with van der Waals surface area (Å²) >= 11 is 0. The van der Waals surface area contributed by atoms with Gasteiger partial charge >= 0.3 is 0 Å². The molecule has 0 radical (unpaired) electrons. The summed E-state index contributed by atoms with van der Waals surface area (Å²) < 4.78 is 0. The van der Waals surface area contributed by atoms with Gasteiger partial charge in [-0.05, 0) is 42.5 Å². The molecule has 0 aliphatic heterocycles. The summed E-state index contributed by atoms with van der Waals surface area (Å²) in [6.07, 6.45) is 4.10. The average molecular weight is 214 g/mol. The van der Waals surface area contributed by atoms with E-state index in [9.17, 15) is 0 Å². The fourth-order valence-electron chi connectivity index (χ4n) is 2.44. The van der Waals surface area contributed by atoms with Crippen molar-refractivity contribution in [2.45, 2.75) is 26.2 Å². The Hall–Kier alpha value is -1.49. The predicted molar refractivity (Wildman–Crippen MR) is 66.2 cm³/mol. The Bertz CT molecular complexity index is 375. The molecule has 0 aromatic heterocycles. The molecule has 1 aliphatic rings. The van der Waals surface area contributed by atoms with E-state index in [4.69, 9.17) is 5.26 Å². The molecule has 1 saturated carbocycles. The summed E-state index contributed by atoms with van der Waals surface area (Å²) in [5.74, 6) is 1.67. The second kappa shape index (κ2) is 5.03. The Morgan fingerprint density at radius 1 is 1.31 bits per heavy atom. The summed E-state index contributed by atoms with van der Waals surface area (Å²) in [5.41, 5.74) is 1.85. The van der Waals surface area contributed by atoms with Crippen LogP contribution in [0.1, 0.15) is 31.7 Å². The minimum Gasteiger partial charge on any atom is -0.385 e. The molecule has 1 fully saturated rings. The van der Waals surface area contributed by atoms with E-state index in [1.165, 1.54) is 19.3 Å². The number of nitrogens with zero attached hydrogens (tertiary/aromatic N) is 1.